The fourth-order valence-electron chi connectivity index (χ4n) is 7.58. The van der Waals surface area contributed by atoms with Crippen LogP contribution in [0.15, 0.2) is 42.6 Å². The molecule has 6 rings (SSSR count). The van der Waals surface area contributed by atoms with E-state index in [1.807, 2.05) is 29.2 Å². The second-order valence-corrected chi connectivity index (χ2v) is 12.0. The van der Waals surface area contributed by atoms with E-state index in [4.69, 9.17) is 0 Å². The molecule has 35 heavy (non-hydrogen) atoms. The zero-order chi connectivity index (χ0) is 24.4. The number of amides is 1. The number of benzene rings is 1. The first-order chi connectivity index (χ1) is 16.7. The van der Waals surface area contributed by atoms with Gasteiger partial charge in [-0.05, 0) is 93.8 Å². The minimum atomic E-state index is -0.968. The Bertz CT molecular complexity index is 1130. The Morgan fingerprint density at radius 1 is 1.14 bits per heavy atom. The molecule has 4 aliphatic rings. The van der Waals surface area contributed by atoms with Crippen LogP contribution in [-0.2, 0) is 23.1 Å². The highest BCUT2D eigenvalue weighted by molar-refractivity contribution is 5.79. The van der Waals surface area contributed by atoms with E-state index >= 15 is 0 Å². The third-order valence-electron chi connectivity index (χ3n) is 9.41. The molecular formula is C29H37N3O3. The molecule has 1 aromatic heterocycles. The highest BCUT2D eigenvalue weighted by Crippen LogP contribution is 2.58. The van der Waals surface area contributed by atoms with Crippen molar-refractivity contribution in [3.63, 3.8) is 0 Å². The molecule has 0 unspecified atom stereocenters. The SMILES string of the molecule is CC1(C)C[C@@]2(O)[C@H]3Cc4ccc(O)cc4[C@@]2(CCN3CC2CC2)CCN1C(=O)Cc1ccccn1. The highest BCUT2D eigenvalue weighted by atomic mass is 16.3. The van der Waals surface area contributed by atoms with Gasteiger partial charge in [-0.15, -0.1) is 0 Å². The van der Waals surface area contributed by atoms with Crippen LogP contribution in [0.1, 0.15) is 62.8 Å². The zero-order valence-corrected chi connectivity index (χ0v) is 20.9. The van der Waals surface area contributed by atoms with Crippen molar-refractivity contribution in [1.29, 1.82) is 0 Å². The lowest BCUT2D eigenvalue weighted by Crippen LogP contribution is -2.72. The summed E-state index contributed by atoms with van der Waals surface area (Å²) in [6.45, 7) is 6.82. The average molecular weight is 476 g/mol. The van der Waals surface area contributed by atoms with Crippen molar-refractivity contribution in [2.24, 2.45) is 5.92 Å². The number of likely N-dealkylation sites (tertiary alicyclic amines) is 2. The van der Waals surface area contributed by atoms with Crippen LogP contribution < -0.4 is 0 Å². The predicted molar refractivity (Wildman–Crippen MR) is 134 cm³/mol. The number of phenols is 1. The molecular weight excluding hydrogens is 438 g/mol. The maximum atomic E-state index is 13.6. The van der Waals surface area contributed by atoms with Gasteiger partial charge in [0, 0.05) is 48.4 Å². The molecule has 3 atom stereocenters. The Kier molecular flexibility index (Phi) is 5.28. The lowest BCUT2D eigenvalue weighted by Gasteiger charge is -2.62. The second kappa shape index (κ2) is 8.04. The monoisotopic (exact) mass is 475 g/mol. The van der Waals surface area contributed by atoms with E-state index in [1.54, 1.807) is 12.3 Å². The highest BCUT2D eigenvalue weighted by Gasteiger charge is 2.65. The van der Waals surface area contributed by atoms with Crippen molar-refractivity contribution in [3.8, 4) is 5.75 Å². The van der Waals surface area contributed by atoms with Crippen molar-refractivity contribution in [2.45, 2.75) is 81.4 Å². The molecule has 2 N–H and O–H groups in total. The second-order valence-electron chi connectivity index (χ2n) is 12.0. The van der Waals surface area contributed by atoms with Gasteiger partial charge in [0.05, 0.1) is 12.0 Å². The third kappa shape index (κ3) is 3.68. The maximum absolute atomic E-state index is 13.6. The molecule has 2 bridgehead atoms. The van der Waals surface area contributed by atoms with Crippen molar-refractivity contribution < 1.29 is 15.0 Å². The number of hydrogen-bond acceptors (Lipinski definition) is 5. The maximum Gasteiger partial charge on any atom is 0.229 e. The van der Waals surface area contributed by atoms with Crippen LogP contribution in [0, 0.1) is 5.92 Å². The molecule has 2 aliphatic carbocycles. The Morgan fingerprint density at radius 3 is 2.69 bits per heavy atom. The van der Waals surface area contributed by atoms with Crippen LogP contribution >= 0.6 is 0 Å². The molecule has 186 valence electrons. The fraction of sp³-hybridized carbons (Fsp3) is 0.586. The number of carbonyl (C=O) groups is 1. The van der Waals surface area contributed by atoms with Gasteiger partial charge in [0.25, 0.3) is 0 Å². The molecule has 1 amide bonds. The molecule has 0 spiro atoms. The van der Waals surface area contributed by atoms with Crippen molar-refractivity contribution in [3.05, 3.63) is 59.4 Å². The van der Waals surface area contributed by atoms with Crippen LogP contribution in [0.25, 0.3) is 0 Å². The van der Waals surface area contributed by atoms with Crippen LogP contribution in [0.5, 0.6) is 5.75 Å². The predicted octanol–water partition coefficient (Wildman–Crippen LogP) is 3.44. The zero-order valence-electron chi connectivity index (χ0n) is 20.9. The summed E-state index contributed by atoms with van der Waals surface area (Å²) in [6, 6.07) is 11.4. The van der Waals surface area contributed by atoms with Gasteiger partial charge in [-0.25, -0.2) is 0 Å². The number of hydrogen-bond donors (Lipinski definition) is 2. The number of phenolic OH excluding ortho intramolecular Hbond substituents is 1. The van der Waals surface area contributed by atoms with E-state index in [0.29, 0.717) is 19.4 Å². The summed E-state index contributed by atoms with van der Waals surface area (Å²) >= 11 is 0. The van der Waals surface area contributed by atoms with Gasteiger partial charge < -0.3 is 15.1 Å². The number of fused-ring (bicyclic) bond motifs is 1. The Balaban J connectivity index is 1.41. The van der Waals surface area contributed by atoms with E-state index in [1.165, 1.54) is 18.4 Å². The third-order valence-corrected chi connectivity index (χ3v) is 9.41. The Hall–Kier alpha value is -2.44. The van der Waals surface area contributed by atoms with Gasteiger partial charge in [-0.1, -0.05) is 12.1 Å². The number of aromatic hydroxyl groups is 1. The number of aromatic nitrogens is 1. The number of nitrogens with zero attached hydrogens (tertiary/aromatic N) is 3. The van der Waals surface area contributed by atoms with Crippen molar-refractivity contribution in [1.82, 2.24) is 14.8 Å². The van der Waals surface area contributed by atoms with Gasteiger partial charge in [0.1, 0.15) is 5.75 Å². The molecule has 2 aromatic rings. The minimum absolute atomic E-state index is 0.0269. The van der Waals surface area contributed by atoms with Crippen LogP contribution in [0.3, 0.4) is 0 Å². The molecule has 3 heterocycles. The number of piperidine rings is 1. The van der Waals surface area contributed by atoms with Gasteiger partial charge >= 0.3 is 0 Å². The summed E-state index contributed by atoms with van der Waals surface area (Å²) < 4.78 is 0. The summed E-state index contributed by atoms with van der Waals surface area (Å²) in [6.07, 6.45) is 7.44. The fourth-order valence-corrected chi connectivity index (χ4v) is 7.58. The molecule has 6 heteroatoms. The first-order valence-electron chi connectivity index (χ1n) is 13.2. The lowest BCUT2D eigenvalue weighted by molar-refractivity contribution is -0.160. The van der Waals surface area contributed by atoms with E-state index in [2.05, 4.69) is 29.8 Å². The first-order valence-corrected chi connectivity index (χ1v) is 13.2. The summed E-state index contributed by atoms with van der Waals surface area (Å²) in [7, 11) is 0. The number of carbonyl (C=O) groups excluding carboxylic acids is 1. The summed E-state index contributed by atoms with van der Waals surface area (Å²) in [5.41, 5.74) is 1.17. The normalized spacial score (nSPS) is 31.9. The molecule has 2 saturated heterocycles. The Labute approximate surface area is 208 Å². The van der Waals surface area contributed by atoms with Crippen LogP contribution in [0.4, 0.5) is 0 Å². The Morgan fingerprint density at radius 2 is 1.94 bits per heavy atom. The smallest absolute Gasteiger partial charge is 0.229 e. The average Bonchev–Trinajstić information content (AvgIpc) is 3.62. The standard InChI is InChI=1S/C29H37N3O3/c1-27(2)19-29(35)25-15-21-8-9-23(33)17-24(21)28(29,10-13-31(25)18-20-6-7-20)11-14-32(27)26(34)16-22-5-3-4-12-30-22/h3-5,8-9,12,17,20,25,33,35H,6-7,10-11,13-16,18-19H2,1-2H3/t25-,28-,29-/m1/s1. The van der Waals surface area contributed by atoms with Crippen LogP contribution in [0.2, 0.25) is 0 Å². The minimum Gasteiger partial charge on any atom is -0.508 e. The number of pyridine rings is 1. The summed E-state index contributed by atoms with van der Waals surface area (Å²) in [5.74, 6) is 1.07. The summed E-state index contributed by atoms with van der Waals surface area (Å²) in [5, 5.41) is 23.3. The van der Waals surface area contributed by atoms with E-state index in [-0.39, 0.29) is 24.1 Å². The molecule has 6 nitrogen and oxygen atoms in total. The van der Waals surface area contributed by atoms with E-state index < -0.39 is 16.6 Å². The molecule has 1 saturated carbocycles. The summed E-state index contributed by atoms with van der Waals surface area (Å²) in [4.78, 5) is 22.5. The van der Waals surface area contributed by atoms with Gasteiger partial charge in [-0.2, -0.15) is 0 Å². The molecule has 2 aliphatic heterocycles. The van der Waals surface area contributed by atoms with E-state index in [0.717, 1.165) is 43.1 Å². The van der Waals surface area contributed by atoms with E-state index in [9.17, 15) is 15.0 Å². The number of rotatable bonds is 4. The van der Waals surface area contributed by atoms with Gasteiger partial charge in [-0.3, -0.25) is 14.7 Å². The topological polar surface area (TPSA) is 76.9 Å². The number of aliphatic hydroxyl groups is 1. The first kappa shape index (κ1) is 23.0. The molecule has 0 radical (unpaired) electrons. The lowest BCUT2D eigenvalue weighted by atomic mass is 9.51. The van der Waals surface area contributed by atoms with Gasteiger partial charge in [0.15, 0.2) is 0 Å². The van der Waals surface area contributed by atoms with Gasteiger partial charge in [0.2, 0.25) is 5.91 Å². The van der Waals surface area contributed by atoms with Crippen molar-refractivity contribution >= 4 is 5.91 Å². The largest absolute Gasteiger partial charge is 0.508 e. The quantitative estimate of drug-likeness (QED) is 0.709. The molecule has 3 fully saturated rings. The van der Waals surface area contributed by atoms with Crippen LogP contribution in [-0.4, -0.2) is 67.7 Å². The molecule has 1 aromatic carbocycles. The van der Waals surface area contributed by atoms with Crippen molar-refractivity contribution in [2.75, 3.05) is 19.6 Å².